The molecule has 0 saturated carbocycles. The topological polar surface area (TPSA) is 117 Å². The summed E-state index contributed by atoms with van der Waals surface area (Å²) in [6, 6.07) is 25.1. The van der Waals surface area contributed by atoms with Crippen LogP contribution in [0.5, 0.6) is 23.0 Å². The number of nitro benzene ring substituents is 2. The zero-order chi connectivity index (χ0) is 24.8. The highest BCUT2D eigenvalue weighted by molar-refractivity contribution is 9.10. The molecule has 35 heavy (non-hydrogen) atoms. The van der Waals surface area contributed by atoms with Crippen LogP contribution in [0.2, 0.25) is 0 Å². The molecule has 10 heteroatoms. The summed E-state index contributed by atoms with van der Waals surface area (Å²) in [6.07, 6.45) is 1.66. The SMILES string of the molecule is O=[N+]([O-])c1ccc(Oc2ccc(C=Nc3ccc(Oc4ccccc4)cc3)cc2Br)c([N+](=O)[O-])c1. The molecule has 4 aromatic rings. The Morgan fingerprint density at radius 1 is 0.743 bits per heavy atom. The van der Waals surface area contributed by atoms with E-state index in [1.807, 2.05) is 54.6 Å². The van der Waals surface area contributed by atoms with Gasteiger partial charge in [-0.25, -0.2) is 0 Å². The van der Waals surface area contributed by atoms with Crippen LogP contribution in [0.3, 0.4) is 0 Å². The first-order valence-corrected chi connectivity index (χ1v) is 11.0. The molecule has 4 aromatic carbocycles. The normalized spacial score (nSPS) is 10.8. The molecule has 174 valence electrons. The van der Waals surface area contributed by atoms with Crippen LogP contribution in [0.15, 0.2) is 100 Å². The number of halogens is 1. The second-order valence-electron chi connectivity index (χ2n) is 7.13. The summed E-state index contributed by atoms with van der Waals surface area (Å²) in [5, 5.41) is 22.2. The molecule has 0 heterocycles. The van der Waals surface area contributed by atoms with Gasteiger partial charge in [0.05, 0.1) is 26.1 Å². The average Bonchev–Trinajstić information content (AvgIpc) is 2.85. The molecular formula is C25H16BrN3O6. The Balaban J connectivity index is 1.46. The van der Waals surface area contributed by atoms with E-state index in [0.717, 1.165) is 29.1 Å². The zero-order valence-corrected chi connectivity index (χ0v) is 19.5. The highest BCUT2D eigenvalue weighted by Crippen LogP contribution is 2.37. The second kappa shape index (κ2) is 10.6. The van der Waals surface area contributed by atoms with Crippen LogP contribution < -0.4 is 9.47 Å². The molecule has 9 nitrogen and oxygen atoms in total. The van der Waals surface area contributed by atoms with Crippen LogP contribution in [0.4, 0.5) is 17.1 Å². The standard InChI is InChI=1S/C25H16BrN3O6/c26-22-14-17(16-27-18-7-10-21(11-8-18)34-20-4-2-1-3-5-20)6-12-24(22)35-25-13-9-19(28(30)31)15-23(25)29(32)33/h1-16H. The van der Waals surface area contributed by atoms with Crippen molar-refractivity contribution in [3.63, 3.8) is 0 Å². The van der Waals surface area contributed by atoms with Crippen molar-refractivity contribution in [2.45, 2.75) is 0 Å². The smallest absolute Gasteiger partial charge is 0.318 e. The zero-order valence-electron chi connectivity index (χ0n) is 17.9. The number of hydrogen-bond donors (Lipinski definition) is 0. The predicted molar refractivity (Wildman–Crippen MR) is 134 cm³/mol. The van der Waals surface area contributed by atoms with Gasteiger partial charge in [-0.1, -0.05) is 18.2 Å². The molecule has 4 rings (SSSR count). The van der Waals surface area contributed by atoms with E-state index < -0.39 is 21.2 Å². The fourth-order valence-corrected chi connectivity index (χ4v) is 3.50. The number of nitro groups is 2. The number of benzene rings is 4. The van der Waals surface area contributed by atoms with Crippen molar-refractivity contribution in [2.75, 3.05) is 0 Å². The third-order valence-electron chi connectivity index (χ3n) is 4.70. The fourth-order valence-electron chi connectivity index (χ4n) is 3.02. The van der Waals surface area contributed by atoms with Gasteiger partial charge in [0.15, 0.2) is 0 Å². The fraction of sp³-hybridized carbons (Fsp3) is 0. The molecule has 0 aliphatic heterocycles. The Bertz CT molecular complexity index is 1410. The average molecular weight is 534 g/mol. The number of hydrogen-bond acceptors (Lipinski definition) is 7. The molecular weight excluding hydrogens is 518 g/mol. The van der Waals surface area contributed by atoms with E-state index in [-0.39, 0.29) is 5.75 Å². The van der Waals surface area contributed by atoms with Crippen molar-refractivity contribution >= 4 is 39.2 Å². The van der Waals surface area contributed by atoms with Gasteiger partial charge in [-0.05, 0) is 82.2 Å². The minimum atomic E-state index is -0.729. The number of ether oxygens (including phenoxy) is 2. The van der Waals surface area contributed by atoms with E-state index in [9.17, 15) is 20.2 Å². The van der Waals surface area contributed by atoms with E-state index in [0.29, 0.717) is 16.0 Å². The summed E-state index contributed by atoms with van der Waals surface area (Å²) in [5.41, 5.74) is 0.584. The number of nitrogens with zero attached hydrogens (tertiary/aromatic N) is 3. The molecule has 0 aliphatic rings. The van der Waals surface area contributed by atoms with E-state index in [4.69, 9.17) is 9.47 Å². The maximum absolute atomic E-state index is 11.3. The van der Waals surface area contributed by atoms with Crippen molar-refractivity contribution in [3.05, 3.63) is 121 Å². The van der Waals surface area contributed by atoms with Crippen LogP contribution in [-0.4, -0.2) is 16.1 Å². The number of para-hydroxylation sites is 1. The summed E-state index contributed by atoms with van der Waals surface area (Å²) >= 11 is 3.39. The summed E-state index contributed by atoms with van der Waals surface area (Å²) in [5.74, 6) is 1.64. The molecule has 0 atom stereocenters. The molecule has 0 bridgehead atoms. The first kappa shape index (κ1) is 23.6. The minimum Gasteiger partial charge on any atom is -0.457 e. The number of rotatable bonds is 8. The molecule has 0 unspecified atom stereocenters. The van der Waals surface area contributed by atoms with Gasteiger partial charge in [0, 0.05) is 12.3 Å². The van der Waals surface area contributed by atoms with E-state index in [1.165, 1.54) is 6.07 Å². The molecule has 0 aromatic heterocycles. The number of aliphatic imine (C=N–C) groups is 1. The third-order valence-corrected chi connectivity index (χ3v) is 5.32. The van der Waals surface area contributed by atoms with Gasteiger partial charge in [-0.3, -0.25) is 25.2 Å². The quantitative estimate of drug-likeness (QED) is 0.131. The monoisotopic (exact) mass is 533 g/mol. The second-order valence-corrected chi connectivity index (χ2v) is 7.98. The van der Waals surface area contributed by atoms with Crippen LogP contribution in [0.25, 0.3) is 0 Å². The first-order chi connectivity index (χ1) is 16.9. The third kappa shape index (κ3) is 6.06. The molecule has 0 amide bonds. The molecule has 0 fully saturated rings. The lowest BCUT2D eigenvalue weighted by Gasteiger charge is -2.09. The molecule has 0 aliphatic carbocycles. The Morgan fingerprint density at radius 2 is 1.43 bits per heavy atom. The number of non-ortho nitro benzene ring substituents is 1. The van der Waals surface area contributed by atoms with Crippen LogP contribution in [0.1, 0.15) is 5.56 Å². The van der Waals surface area contributed by atoms with Gasteiger partial charge in [-0.15, -0.1) is 0 Å². The van der Waals surface area contributed by atoms with Gasteiger partial charge in [0.2, 0.25) is 5.75 Å². The van der Waals surface area contributed by atoms with E-state index in [1.54, 1.807) is 24.4 Å². The Hall–Kier alpha value is -4.57. The van der Waals surface area contributed by atoms with Crippen molar-refractivity contribution in [1.29, 1.82) is 0 Å². The van der Waals surface area contributed by atoms with Gasteiger partial charge in [0.1, 0.15) is 17.2 Å². The van der Waals surface area contributed by atoms with Crippen molar-refractivity contribution < 1.29 is 19.3 Å². The van der Waals surface area contributed by atoms with E-state index in [2.05, 4.69) is 20.9 Å². The predicted octanol–water partition coefficient (Wildman–Crippen LogP) is 7.60. The van der Waals surface area contributed by atoms with Gasteiger partial charge < -0.3 is 9.47 Å². The molecule has 0 saturated heterocycles. The maximum atomic E-state index is 11.3. The summed E-state index contributed by atoms with van der Waals surface area (Å²) in [7, 11) is 0. The summed E-state index contributed by atoms with van der Waals surface area (Å²) in [6.45, 7) is 0. The molecule has 0 spiro atoms. The lowest BCUT2D eigenvalue weighted by atomic mass is 10.2. The highest BCUT2D eigenvalue weighted by Gasteiger charge is 2.21. The maximum Gasteiger partial charge on any atom is 0.318 e. The van der Waals surface area contributed by atoms with Crippen LogP contribution in [-0.2, 0) is 0 Å². The largest absolute Gasteiger partial charge is 0.457 e. The minimum absolute atomic E-state index is 0.111. The van der Waals surface area contributed by atoms with E-state index >= 15 is 0 Å². The lowest BCUT2D eigenvalue weighted by molar-refractivity contribution is -0.394. The lowest BCUT2D eigenvalue weighted by Crippen LogP contribution is -1.96. The van der Waals surface area contributed by atoms with Crippen molar-refractivity contribution in [1.82, 2.24) is 0 Å². The summed E-state index contributed by atoms with van der Waals surface area (Å²) in [4.78, 5) is 25.2. The molecule has 0 N–H and O–H groups in total. The van der Waals surface area contributed by atoms with Crippen LogP contribution >= 0.6 is 15.9 Å². The summed E-state index contributed by atoms with van der Waals surface area (Å²) < 4.78 is 11.9. The Morgan fingerprint density at radius 3 is 2.09 bits per heavy atom. The Kier molecular flexibility index (Phi) is 7.12. The van der Waals surface area contributed by atoms with Gasteiger partial charge in [0.25, 0.3) is 5.69 Å². The van der Waals surface area contributed by atoms with Crippen LogP contribution in [0, 0.1) is 20.2 Å². The molecule has 0 radical (unpaired) electrons. The van der Waals surface area contributed by atoms with Crippen molar-refractivity contribution in [3.8, 4) is 23.0 Å². The first-order valence-electron chi connectivity index (χ1n) is 10.2. The van der Waals surface area contributed by atoms with Gasteiger partial charge >= 0.3 is 5.69 Å². The van der Waals surface area contributed by atoms with Gasteiger partial charge in [-0.2, -0.15) is 0 Å². The highest BCUT2D eigenvalue weighted by atomic mass is 79.9. The Labute approximate surface area is 207 Å². The van der Waals surface area contributed by atoms with Crippen molar-refractivity contribution in [2.24, 2.45) is 4.99 Å².